The third-order valence-corrected chi connectivity index (χ3v) is 9.65. The molecule has 0 bridgehead atoms. The van der Waals surface area contributed by atoms with Gasteiger partial charge in [0.15, 0.2) is 0 Å². The molecule has 0 aliphatic heterocycles. The first kappa shape index (κ1) is 28.9. The third kappa shape index (κ3) is 5.08. The summed E-state index contributed by atoms with van der Waals surface area (Å²) in [6.07, 6.45) is 14.4. The van der Waals surface area contributed by atoms with Crippen molar-refractivity contribution < 1.29 is 0 Å². The van der Waals surface area contributed by atoms with E-state index in [-0.39, 0.29) is 0 Å². The fraction of sp³-hybridized carbons (Fsp3) is 0.0435. The van der Waals surface area contributed by atoms with Crippen LogP contribution in [0.15, 0.2) is 176 Å². The molecule has 0 N–H and O–H groups in total. The average Bonchev–Trinajstić information content (AvgIpc) is 3.19. The smallest absolute Gasteiger partial charge is 0.137 e. The summed E-state index contributed by atoms with van der Waals surface area (Å²) in [5.41, 5.74) is 9.68. The van der Waals surface area contributed by atoms with Crippen molar-refractivity contribution in [1.82, 2.24) is 9.97 Å². The lowest BCUT2D eigenvalue weighted by Crippen LogP contribution is -2.11. The normalized spacial score (nSPS) is 12.8. The van der Waals surface area contributed by atoms with E-state index in [1.54, 1.807) is 0 Å². The molecule has 3 heteroatoms. The molecule has 8 aromatic rings. The molecule has 0 saturated heterocycles. The predicted molar refractivity (Wildman–Crippen MR) is 206 cm³/mol. The summed E-state index contributed by atoms with van der Waals surface area (Å²) in [6, 6.07) is 50.2. The van der Waals surface area contributed by atoms with Gasteiger partial charge in [-0.3, -0.25) is 9.88 Å². The third-order valence-electron chi connectivity index (χ3n) is 9.65. The summed E-state index contributed by atoms with van der Waals surface area (Å²) >= 11 is 0. The SMILES string of the molecule is C1=CCCC(c2cc(-c3ccccc3)c(-c3ccccc3)c3c4ccc(N(c5ccncc5)c5ccccn5)cc4c4ccccc4c23)=C1. The van der Waals surface area contributed by atoms with E-state index in [0.29, 0.717) is 0 Å². The summed E-state index contributed by atoms with van der Waals surface area (Å²) in [4.78, 5) is 11.3. The molecule has 0 amide bonds. The Balaban J connectivity index is 1.46. The molecule has 0 spiro atoms. The summed E-state index contributed by atoms with van der Waals surface area (Å²) in [6.45, 7) is 0. The van der Waals surface area contributed by atoms with Crippen molar-refractivity contribution in [3.63, 3.8) is 0 Å². The van der Waals surface area contributed by atoms with E-state index in [4.69, 9.17) is 4.98 Å². The van der Waals surface area contributed by atoms with Crippen LogP contribution < -0.4 is 4.90 Å². The number of nitrogens with zero attached hydrogens (tertiary/aromatic N) is 3. The van der Waals surface area contributed by atoms with Crippen LogP contribution in [0.4, 0.5) is 17.2 Å². The first-order valence-electron chi connectivity index (χ1n) is 16.9. The highest BCUT2D eigenvalue weighted by Gasteiger charge is 2.23. The van der Waals surface area contributed by atoms with Gasteiger partial charge in [-0.2, -0.15) is 0 Å². The first-order valence-corrected chi connectivity index (χ1v) is 16.9. The Morgan fingerprint density at radius 1 is 0.510 bits per heavy atom. The maximum atomic E-state index is 4.78. The number of aromatic nitrogens is 2. The van der Waals surface area contributed by atoms with Gasteiger partial charge < -0.3 is 0 Å². The van der Waals surface area contributed by atoms with E-state index >= 15 is 0 Å². The van der Waals surface area contributed by atoms with Crippen LogP contribution in [0, 0.1) is 0 Å². The highest BCUT2D eigenvalue weighted by Crippen LogP contribution is 2.49. The predicted octanol–water partition coefficient (Wildman–Crippen LogP) is 12.5. The van der Waals surface area contributed by atoms with Gasteiger partial charge in [-0.25, -0.2) is 4.98 Å². The molecular weight excluding hydrogens is 595 g/mol. The molecule has 1 aliphatic carbocycles. The number of allylic oxidation sites excluding steroid dienone is 4. The van der Waals surface area contributed by atoms with Crippen molar-refractivity contribution in [2.45, 2.75) is 12.8 Å². The Kier molecular flexibility index (Phi) is 7.29. The van der Waals surface area contributed by atoms with Crippen molar-refractivity contribution in [2.24, 2.45) is 0 Å². The summed E-state index contributed by atoms with van der Waals surface area (Å²) in [7, 11) is 0. The summed E-state index contributed by atoms with van der Waals surface area (Å²) in [5.74, 6) is 0.856. The minimum absolute atomic E-state index is 0.856. The summed E-state index contributed by atoms with van der Waals surface area (Å²) < 4.78 is 0. The van der Waals surface area contributed by atoms with E-state index < -0.39 is 0 Å². The zero-order valence-electron chi connectivity index (χ0n) is 27.0. The molecule has 3 nitrogen and oxygen atoms in total. The fourth-order valence-corrected chi connectivity index (χ4v) is 7.50. The fourth-order valence-electron chi connectivity index (χ4n) is 7.50. The molecule has 9 rings (SSSR count). The van der Waals surface area contributed by atoms with Crippen LogP contribution in [0.2, 0.25) is 0 Å². The summed E-state index contributed by atoms with van der Waals surface area (Å²) in [5, 5.41) is 7.54. The molecule has 6 aromatic carbocycles. The maximum Gasteiger partial charge on any atom is 0.137 e. The second-order valence-corrected chi connectivity index (χ2v) is 12.5. The first-order chi connectivity index (χ1) is 24.3. The number of pyridine rings is 2. The molecule has 0 atom stereocenters. The minimum atomic E-state index is 0.856. The van der Waals surface area contributed by atoms with Gasteiger partial charge in [-0.1, -0.05) is 115 Å². The van der Waals surface area contributed by atoms with Crippen LogP contribution in [-0.4, -0.2) is 9.97 Å². The van der Waals surface area contributed by atoms with E-state index in [1.807, 2.05) is 42.9 Å². The zero-order chi connectivity index (χ0) is 32.6. The van der Waals surface area contributed by atoms with Crippen LogP contribution >= 0.6 is 0 Å². The van der Waals surface area contributed by atoms with Gasteiger partial charge in [0, 0.05) is 24.3 Å². The lowest BCUT2D eigenvalue weighted by Gasteiger charge is -2.26. The van der Waals surface area contributed by atoms with Crippen LogP contribution in [-0.2, 0) is 0 Å². The highest BCUT2D eigenvalue weighted by atomic mass is 15.2. The van der Waals surface area contributed by atoms with Crippen LogP contribution in [0.5, 0.6) is 0 Å². The van der Waals surface area contributed by atoms with Crippen LogP contribution in [0.3, 0.4) is 0 Å². The zero-order valence-corrected chi connectivity index (χ0v) is 27.0. The van der Waals surface area contributed by atoms with Gasteiger partial charge in [0.1, 0.15) is 5.82 Å². The van der Waals surface area contributed by atoms with Crippen molar-refractivity contribution in [3.05, 3.63) is 182 Å². The quantitative estimate of drug-likeness (QED) is 0.172. The lowest BCUT2D eigenvalue weighted by atomic mass is 9.80. The number of anilines is 3. The molecular formula is C46H33N3. The number of hydrogen-bond donors (Lipinski definition) is 0. The number of benzene rings is 6. The van der Waals surface area contributed by atoms with Gasteiger partial charge >= 0.3 is 0 Å². The number of fused-ring (bicyclic) bond motifs is 6. The van der Waals surface area contributed by atoms with E-state index in [1.165, 1.54) is 65.7 Å². The van der Waals surface area contributed by atoms with Crippen molar-refractivity contribution in [3.8, 4) is 22.3 Å². The standard InChI is InChI=1S/C46H33N3/c1-4-14-32(15-5-1)40-31-41(33-16-6-2-7-17-33)45-38-21-11-10-20-37(38)42-30-36(23-24-39(42)46(45)44(40)34-18-8-3-9-19-34)49(35-25-28-47-29-26-35)43-22-12-13-27-48-43/h1-6,8-16,18-31H,7,17H2. The Hall–Kier alpha value is -6.32. The van der Waals surface area contributed by atoms with E-state index in [0.717, 1.165) is 30.0 Å². The molecule has 0 radical (unpaired) electrons. The minimum Gasteiger partial charge on any atom is -0.295 e. The lowest BCUT2D eigenvalue weighted by molar-refractivity contribution is 1.06. The second kappa shape index (κ2) is 12.4. The highest BCUT2D eigenvalue weighted by molar-refractivity contribution is 6.32. The van der Waals surface area contributed by atoms with Gasteiger partial charge in [0.2, 0.25) is 0 Å². The van der Waals surface area contributed by atoms with Crippen molar-refractivity contribution in [1.29, 1.82) is 0 Å². The molecule has 0 unspecified atom stereocenters. The van der Waals surface area contributed by atoms with Gasteiger partial charge in [-0.15, -0.1) is 0 Å². The van der Waals surface area contributed by atoms with Gasteiger partial charge in [-0.05, 0) is 121 Å². The Labute approximate surface area is 286 Å². The molecule has 2 aromatic heterocycles. The van der Waals surface area contributed by atoms with Gasteiger partial charge in [0.05, 0.1) is 5.69 Å². The number of hydrogen-bond acceptors (Lipinski definition) is 3. The Bertz CT molecular complexity index is 2480. The van der Waals surface area contributed by atoms with Crippen LogP contribution in [0.25, 0.3) is 60.1 Å². The average molecular weight is 628 g/mol. The molecule has 0 saturated carbocycles. The molecule has 49 heavy (non-hydrogen) atoms. The van der Waals surface area contributed by atoms with Crippen molar-refractivity contribution in [2.75, 3.05) is 4.90 Å². The Morgan fingerprint density at radius 2 is 1.22 bits per heavy atom. The van der Waals surface area contributed by atoms with Crippen LogP contribution in [0.1, 0.15) is 18.4 Å². The Morgan fingerprint density at radius 3 is 1.96 bits per heavy atom. The van der Waals surface area contributed by atoms with E-state index in [9.17, 15) is 0 Å². The molecule has 232 valence electrons. The second-order valence-electron chi connectivity index (χ2n) is 12.5. The molecule has 1 aliphatic rings. The number of rotatable bonds is 6. The van der Waals surface area contributed by atoms with Gasteiger partial charge in [0.25, 0.3) is 0 Å². The molecule has 2 heterocycles. The van der Waals surface area contributed by atoms with E-state index in [2.05, 4.69) is 143 Å². The maximum absolute atomic E-state index is 4.78. The monoisotopic (exact) mass is 627 g/mol. The molecule has 0 fully saturated rings. The topological polar surface area (TPSA) is 29.0 Å². The largest absolute Gasteiger partial charge is 0.295 e. The van der Waals surface area contributed by atoms with Crippen molar-refractivity contribution >= 4 is 55.1 Å².